The van der Waals surface area contributed by atoms with Crippen molar-refractivity contribution in [3.05, 3.63) is 23.3 Å². The standard InChI is InChI=1S/C13H11F2NO3/c1-12(14,15)8-4-9(13(2-3-13)16-6-17)11-10(5-8)18-7-19-11/h4-5H,2-3,7H2,1H3. The highest BCUT2D eigenvalue weighted by molar-refractivity contribution is 5.57. The van der Waals surface area contributed by atoms with Crippen LogP contribution in [0.5, 0.6) is 11.5 Å². The van der Waals surface area contributed by atoms with E-state index in [4.69, 9.17) is 9.47 Å². The third kappa shape index (κ3) is 1.88. The van der Waals surface area contributed by atoms with E-state index in [1.54, 1.807) is 0 Å². The van der Waals surface area contributed by atoms with Gasteiger partial charge in [0, 0.05) is 18.1 Å². The van der Waals surface area contributed by atoms with E-state index in [2.05, 4.69) is 4.99 Å². The molecule has 0 bridgehead atoms. The molecule has 4 nitrogen and oxygen atoms in total. The van der Waals surface area contributed by atoms with Gasteiger partial charge in [-0.1, -0.05) is 0 Å². The molecule has 1 fully saturated rings. The summed E-state index contributed by atoms with van der Waals surface area (Å²) >= 11 is 0. The smallest absolute Gasteiger partial charge is 0.270 e. The molecule has 0 aromatic heterocycles. The molecule has 1 aromatic rings. The van der Waals surface area contributed by atoms with Gasteiger partial charge in [-0.15, -0.1) is 0 Å². The van der Waals surface area contributed by atoms with Crippen molar-refractivity contribution in [3.8, 4) is 11.5 Å². The maximum atomic E-state index is 13.5. The van der Waals surface area contributed by atoms with Crippen LogP contribution in [0.4, 0.5) is 8.78 Å². The lowest BCUT2D eigenvalue weighted by Crippen LogP contribution is -2.11. The summed E-state index contributed by atoms with van der Waals surface area (Å²) in [5.41, 5.74) is -0.442. The molecule has 1 saturated carbocycles. The zero-order valence-electron chi connectivity index (χ0n) is 10.2. The second-order valence-corrected chi connectivity index (χ2v) is 4.88. The predicted molar refractivity (Wildman–Crippen MR) is 61.2 cm³/mol. The second kappa shape index (κ2) is 3.78. The Bertz CT molecular complexity index is 584. The van der Waals surface area contributed by atoms with Gasteiger partial charge in [0.1, 0.15) is 5.54 Å². The SMILES string of the molecule is CC(F)(F)c1cc2c(c(C3(N=C=O)CC3)c1)OCO2. The quantitative estimate of drug-likeness (QED) is 0.625. The number of benzene rings is 1. The molecule has 1 aromatic carbocycles. The van der Waals surface area contributed by atoms with Gasteiger partial charge < -0.3 is 9.47 Å². The fourth-order valence-corrected chi connectivity index (χ4v) is 2.26. The number of nitrogens with zero attached hydrogens (tertiary/aromatic N) is 1. The van der Waals surface area contributed by atoms with Crippen molar-refractivity contribution in [1.82, 2.24) is 0 Å². The van der Waals surface area contributed by atoms with Gasteiger partial charge in [-0.05, 0) is 25.0 Å². The normalized spacial score (nSPS) is 18.9. The highest BCUT2D eigenvalue weighted by atomic mass is 19.3. The van der Waals surface area contributed by atoms with Crippen molar-refractivity contribution in [2.75, 3.05) is 6.79 Å². The van der Waals surface area contributed by atoms with Crippen molar-refractivity contribution in [2.24, 2.45) is 4.99 Å². The zero-order valence-corrected chi connectivity index (χ0v) is 10.2. The van der Waals surface area contributed by atoms with Crippen molar-refractivity contribution in [3.63, 3.8) is 0 Å². The number of rotatable bonds is 3. The Hall–Kier alpha value is -1.94. The van der Waals surface area contributed by atoms with Crippen LogP contribution >= 0.6 is 0 Å². The van der Waals surface area contributed by atoms with Crippen LogP contribution in [0, 0.1) is 0 Å². The van der Waals surface area contributed by atoms with E-state index in [0.717, 1.165) is 6.92 Å². The van der Waals surface area contributed by atoms with Gasteiger partial charge in [-0.25, -0.2) is 13.6 Å². The van der Waals surface area contributed by atoms with Crippen LogP contribution in [0.15, 0.2) is 17.1 Å². The molecule has 100 valence electrons. The van der Waals surface area contributed by atoms with Crippen LogP contribution in [0.25, 0.3) is 0 Å². The fraction of sp³-hybridized carbons (Fsp3) is 0.462. The molecule has 0 unspecified atom stereocenters. The number of hydrogen-bond donors (Lipinski definition) is 0. The first kappa shape index (κ1) is 12.1. The molecule has 3 rings (SSSR count). The number of alkyl halides is 2. The molecule has 19 heavy (non-hydrogen) atoms. The first-order valence-electron chi connectivity index (χ1n) is 5.88. The molecule has 0 amide bonds. The summed E-state index contributed by atoms with van der Waals surface area (Å²) in [6, 6.07) is 2.62. The molecular formula is C13H11F2NO3. The Morgan fingerprint density at radius 2 is 2.11 bits per heavy atom. The van der Waals surface area contributed by atoms with Crippen molar-refractivity contribution >= 4 is 6.08 Å². The second-order valence-electron chi connectivity index (χ2n) is 4.88. The van der Waals surface area contributed by atoms with Crippen LogP contribution in [-0.2, 0) is 16.3 Å². The third-order valence-corrected chi connectivity index (χ3v) is 3.46. The average molecular weight is 267 g/mol. The van der Waals surface area contributed by atoms with Crippen LogP contribution in [-0.4, -0.2) is 12.9 Å². The number of ether oxygens (including phenoxy) is 2. The molecule has 0 atom stereocenters. The molecule has 0 N–H and O–H groups in total. The minimum atomic E-state index is -2.99. The van der Waals surface area contributed by atoms with Crippen molar-refractivity contribution in [2.45, 2.75) is 31.2 Å². The van der Waals surface area contributed by atoms with Gasteiger partial charge in [0.15, 0.2) is 11.5 Å². The van der Waals surface area contributed by atoms with E-state index in [1.165, 1.54) is 18.2 Å². The summed E-state index contributed by atoms with van der Waals surface area (Å²) in [6.45, 7) is 0.804. The lowest BCUT2D eigenvalue weighted by molar-refractivity contribution is 0.0172. The monoisotopic (exact) mass is 267 g/mol. The largest absolute Gasteiger partial charge is 0.454 e. The van der Waals surface area contributed by atoms with E-state index in [-0.39, 0.29) is 18.1 Å². The summed E-state index contributed by atoms with van der Waals surface area (Å²) in [5, 5.41) is 0. The van der Waals surface area contributed by atoms with Crippen LogP contribution in [0.3, 0.4) is 0 Å². The van der Waals surface area contributed by atoms with Crippen LogP contribution in [0.2, 0.25) is 0 Å². The van der Waals surface area contributed by atoms with Gasteiger partial charge in [0.25, 0.3) is 5.92 Å². The number of isocyanates is 1. The van der Waals surface area contributed by atoms with E-state index in [0.29, 0.717) is 24.2 Å². The maximum absolute atomic E-state index is 13.5. The van der Waals surface area contributed by atoms with E-state index in [1.807, 2.05) is 0 Å². The molecule has 1 aliphatic carbocycles. The summed E-state index contributed by atoms with van der Waals surface area (Å²) in [4.78, 5) is 14.3. The van der Waals surface area contributed by atoms with Crippen LogP contribution in [0.1, 0.15) is 30.9 Å². The fourth-order valence-electron chi connectivity index (χ4n) is 2.26. The van der Waals surface area contributed by atoms with Gasteiger partial charge in [0.2, 0.25) is 12.9 Å². The number of aliphatic imine (C=N–C) groups is 1. The van der Waals surface area contributed by atoms with Crippen molar-refractivity contribution < 1.29 is 23.0 Å². The van der Waals surface area contributed by atoms with E-state index in [9.17, 15) is 13.6 Å². The van der Waals surface area contributed by atoms with Gasteiger partial charge in [0.05, 0.1) is 0 Å². The van der Waals surface area contributed by atoms with Crippen LogP contribution < -0.4 is 9.47 Å². The summed E-state index contributed by atoms with van der Waals surface area (Å²) < 4.78 is 37.5. The molecule has 1 aliphatic heterocycles. The predicted octanol–water partition coefficient (Wildman–Crippen LogP) is 2.85. The van der Waals surface area contributed by atoms with Gasteiger partial charge in [-0.3, -0.25) is 0 Å². The number of carbonyl (C=O) groups excluding carboxylic acids is 1. The highest BCUT2D eigenvalue weighted by Gasteiger charge is 2.49. The zero-order chi connectivity index (χ0) is 13.7. The number of fused-ring (bicyclic) bond motifs is 1. The third-order valence-electron chi connectivity index (χ3n) is 3.46. The Morgan fingerprint density at radius 1 is 1.37 bits per heavy atom. The molecule has 0 saturated heterocycles. The lowest BCUT2D eigenvalue weighted by atomic mass is 9.98. The van der Waals surface area contributed by atoms with E-state index >= 15 is 0 Å². The summed E-state index contributed by atoms with van der Waals surface area (Å²) in [7, 11) is 0. The minimum absolute atomic E-state index is 0.0119. The molecule has 2 aliphatic rings. The van der Waals surface area contributed by atoms with Gasteiger partial charge >= 0.3 is 0 Å². The van der Waals surface area contributed by atoms with Gasteiger partial charge in [-0.2, -0.15) is 4.99 Å². The Labute approximate surface area is 108 Å². The first-order valence-corrected chi connectivity index (χ1v) is 5.88. The van der Waals surface area contributed by atoms with E-state index < -0.39 is 11.5 Å². The summed E-state index contributed by atoms with van der Waals surface area (Å²) in [5.74, 6) is -2.30. The molecule has 1 heterocycles. The number of hydrogen-bond acceptors (Lipinski definition) is 4. The Morgan fingerprint density at radius 3 is 2.68 bits per heavy atom. The lowest BCUT2D eigenvalue weighted by Gasteiger charge is -2.17. The molecule has 6 heteroatoms. The highest BCUT2D eigenvalue weighted by Crippen LogP contribution is 2.56. The molecule has 0 radical (unpaired) electrons. The minimum Gasteiger partial charge on any atom is -0.454 e. The average Bonchev–Trinajstić information content (AvgIpc) is 2.96. The van der Waals surface area contributed by atoms with Crippen molar-refractivity contribution in [1.29, 1.82) is 0 Å². The molecular weight excluding hydrogens is 256 g/mol. The molecule has 0 spiro atoms. The Kier molecular flexibility index (Phi) is 2.41. The first-order chi connectivity index (χ1) is 8.96. The summed E-state index contributed by atoms with van der Waals surface area (Å²) in [6.07, 6.45) is 2.75. The topological polar surface area (TPSA) is 47.9 Å². The maximum Gasteiger partial charge on any atom is 0.270 e. The number of halogens is 2. The Balaban J connectivity index is 2.18.